The minimum absolute atomic E-state index is 0.740. The number of nitrogens with zero attached hydrogens (tertiary/aromatic N) is 6. The van der Waals surface area contributed by atoms with Crippen LogP contribution in [0.15, 0.2) is 71.9 Å². The molecule has 1 aliphatic heterocycles. The third-order valence-corrected chi connectivity index (χ3v) is 6.11. The Kier molecular flexibility index (Phi) is 6.73. The molecular formula is C27H32N8O. The summed E-state index contributed by atoms with van der Waals surface area (Å²) in [6.45, 7) is 9.95. The van der Waals surface area contributed by atoms with Crippen LogP contribution in [0.25, 0.3) is 5.52 Å². The molecule has 0 amide bonds. The molecule has 1 aliphatic rings. The van der Waals surface area contributed by atoms with Gasteiger partial charge in [0, 0.05) is 63.6 Å². The lowest BCUT2D eigenvalue weighted by Crippen LogP contribution is -2.43. The van der Waals surface area contributed by atoms with Crippen molar-refractivity contribution in [3.05, 3.63) is 77.9 Å². The number of hydrogen-bond acceptors (Lipinski definition) is 7. The zero-order valence-electron chi connectivity index (χ0n) is 21.2. The van der Waals surface area contributed by atoms with Crippen LogP contribution in [0.1, 0.15) is 19.4 Å². The summed E-state index contributed by atoms with van der Waals surface area (Å²) in [5, 5.41) is 11.3. The summed E-state index contributed by atoms with van der Waals surface area (Å²) < 4.78 is 10.1. The van der Waals surface area contributed by atoms with E-state index in [2.05, 4.69) is 42.7 Å². The average Bonchev–Trinajstić information content (AvgIpc) is 3.32. The van der Waals surface area contributed by atoms with E-state index in [1.54, 1.807) is 6.33 Å². The van der Waals surface area contributed by atoms with Gasteiger partial charge in [0.25, 0.3) is 0 Å². The topological polar surface area (TPSA) is 84.0 Å². The zero-order chi connectivity index (χ0) is 25.1. The Bertz CT molecular complexity index is 1470. The van der Waals surface area contributed by atoms with Crippen LogP contribution in [0.4, 0.5) is 17.2 Å². The molecule has 0 spiro atoms. The predicted molar refractivity (Wildman–Crippen MR) is 143 cm³/mol. The number of hydrogen-bond donors (Lipinski definition) is 2. The predicted octanol–water partition coefficient (Wildman–Crippen LogP) is 4.15. The summed E-state index contributed by atoms with van der Waals surface area (Å²) in [4.78, 5) is 11.5. The lowest BCUT2D eigenvalue weighted by atomic mass is 10.2. The Labute approximate surface area is 210 Å². The van der Waals surface area contributed by atoms with Crippen LogP contribution in [0.3, 0.4) is 0 Å². The third kappa shape index (κ3) is 5.11. The highest BCUT2D eigenvalue weighted by Gasteiger charge is 2.18. The molecule has 0 atom stereocenters. The first-order chi connectivity index (χ1) is 17.5. The second kappa shape index (κ2) is 10.2. The van der Waals surface area contributed by atoms with Gasteiger partial charge in [-0.05, 0) is 56.7 Å². The Morgan fingerprint density at radius 1 is 1.11 bits per heavy atom. The fraction of sp³-hybridized carbons (Fsp3) is 0.296. The summed E-state index contributed by atoms with van der Waals surface area (Å²) >= 11 is 0. The normalized spacial score (nSPS) is 14.2. The molecule has 0 unspecified atom stereocenters. The summed E-state index contributed by atoms with van der Waals surface area (Å²) in [6, 6.07) is 12.0. The molecule has 0 saturated carbocycles. The number of aromatic nitrogens is 4. The van der Waals surface area contributed by atoms with Crippen molar-refractivity contribution >= 4 is 22.7 Å². The molecule has 3 aromatic heterocycles. The monoisotopic (exact) mass is 484 g/mol. The Balaban J connectivity index is 1.39. The highest BCUT2D eigenvalue weighted by molar-refractivity contribution is 5.86. The lowest BCUT2D eigenvalue weighted by molar-refractivity contribution is 0.475. The van der Waals surface area contributed by atoms with Gasteiger partial charge in [-0.3, -0.25) is 0 Å². The Morgan fingerprint density at radius 3 is 2.72 bits per heavy atom. The second-order valence-electron chi connectivity index (χ2n) is 9.21. The van der Waals surface area contributed by atoms with Gasteiger partial charge in [-0.25, -0.2) is 14.5 Å². The van der Waals surface area contributed by atoms with Gasteiger partial charge in [-0.1, -0.05) is 5.57 Å². The van der Waals surface area contributed by atoms with Gasteiger partial charge in [-0.15, -0.1) is 0 Å². The summed E-state index contributed by atoms with van der Waals surface area (Å²) in [5.41, 5.74) is 6.03. The van der Waals surface area contributed by atoms with Crippen LogP contribution in [0.5, 0.6) is 11.5 Å². The van der Waals surface area contributed by atoms with Crippen molar-refractivity contribution < 1.29 is 4.74 Å². The minimum atomic E-state index is 0.740. The quantitative estimate of drug-likeness (QED) is 0.428. The maximum atomic E-state index is 6.21. The van der Waals surface area contributed by atoms with Crippen molar-refractivity contribution in [1.82, 2.24) is 24.5 Å². The lowest BCUT2D eigenvalue weighted by Gasteiger charge is -2.29. The summed E-state index contributed by atoms with van der Waals surface area (Å²) in [6.07, 6.45) is 7.37. The first-order valence-corrected chi connectivity index (χ1v) is 12.2. The molecule has 5 rings (SSSR count). The minimum Gasteiger partial charge on any atom is -0.457 e. The summed E-state index contributed by atoms with van der Waals surface area (Å²) in [7, 11) is 1.97. The first kappa shape index (κ1) is 23.6. The van der Waals surface area contributed by atoms with E-state index in [-0.39, 0.29) is 0 Å². The number of fused-ring (bicyclic) bond motifs is 1. The molecule has 0 radical (unpaired) electrons. The number of aryl methyl sites for hydroxylation is 2. The van der Waals surface area contributed by atoms with Gasteiger partial charge in [0.1, 0.15) is 28.8 Å². The Morgan fingerprint density at radius 2 is 1.94 bits per heavy atom. The van der Waals surface area contributed by atoms with Gasteiger partial charge in [0.2, 0.25) is 0 Å². The molecule has 4 heterocycles. The fourth-order valence-corrected chi connectivity index (χ4v) is 4.22. The molecule has 0 aliphatic carbocycles. The number of pyridine rings is 1. The van der Waals surface area contributed by atoms with E-state index in [0.29, 0.717) is 0 Å². The molecule has 1 fully saturated rings. The number of anilines is 3. The molecule has 9 heteroatoms. The van der Waals surface area contributed by atoms with E-state index in [1.165, 1.54) is 0 Å². The second-order valence-corrected chi connectivity index (χ2v) is 9.21. The van der Waals surface area contributed by atoms with Crippen molar-refractivity contribution in [3.63, 3.8) is 0 Å². The standard InChI is InChI=1S/C27H32N8O/c1-19(2)17-29-25-16-22(7-11-33(25)4)36-24-6-5-21(15-20(24)3)32-27-26-23(34-13-9-28-10-14-34)8-12-35(26)31-18-30-27/h5-8,11-12,15-18,28H,9-10,13-14H2,1-4H3,(H,30,31,32). The van der Waals surface area contributed by atoms with Gasteiger partial charge in [-0.2, -0.15) is 5.10 Å². The highest BCUT2D eigenvalue weighted by atomic mass is 16.5. The van der Waals surface area contributed by atoms with Crippen LogP contribution >= 0.6 is 0 Å². The van der Waals surface area contributed by atoms with Gasteiger partial charge in [0.05, 0.1) is 5.69 Å². The molecule has 4 aromatic rings. The van der Waals surface area contributed by atoms with Crippen molar-refractivity contribution in [2.24, 2.45) is 12.0 Å². The largest absolute Gasteiger partial charge is 0.457 e. The highest BCUT2D eigenvalue weighted by Crippen LogP contribution is 2.32. The molecule has 186 valence electrons. The third-order valence-electron chi connectivity index (χ3n) is 6.11. The maximum Gasteiger partial charge on any atom is 0.160 e. The molecule has 36 heavy (non-hydrogen) atoms. The number of piperazine rings is 1. The van der Waals surface area contributed by atoms with Crippen molar-refractivity contribution in [2.75, 3.05) is 36.4 Å². The van der Waals surface area contributed by atoms with E-state index < -0.39 is 0 Å². The SMILES string of the molecule is CC(C)=CN=c1cc(Oc2ccc(Nc3ncnn4ccc(N5CCNCC5)c34)cc2C)ccn1C. The molecular weight excluding hydrogens is 452 g/mol. The molecule has 1 aromatic carbocycles. The van der Waals surface area contributed by atoms with E-state index in [0.717, 1.165) is 77.0 Å². The molecule has 9 nitrogen and oxygen atoms in total. The zero-order valence-corrected chi connectivity index (χ0v) is 21.2. The molecule has 2 N–H and O–H groups in total. The van der Waals surface area contributed by atoms with Crippen molar-refractivity contribution in [2.45, 2.75) is 20.8 Å². The van der Waals surface area contributed by atoms with E-state index in [1.807, 2.05) is 79.8 Å². The molecule has 1 saturated heterocycles. The van der Waals surface area contributed by atoms with Crippen LogP contribution in [-0.4, -0.2) is 45.3 Å². The number of benzene rings is 1. The van der Waals surface area contributed by atoms with Crippen LogP contribution in [-0.2, 0) is 7.05 Å². The average molecular weight is 485 g/mol. The number of allylic oxidation sites excluding steroid dienone is 1. The van der Waals surface area contributed by atoms with Gasteiger partial charge in [0.15, 0.2) is 5.82 Å². The molecule has 0 bridgehead atoms. The van der Waals surface area contributed by atoms with Crippen LogP contribution < -0.4 is 25.8 Å². The smallest absolute Gasteiger partial charge is 0.160 e. The Hall–Kier alpha value is -4.11. The van der Waals surface area contributed by atoms with E-state index in [4.69, 9.17) is 4.74 Å². The number of ether oxygens (including phenoxy) is 1. The number of nitrogens with one attached hydrogen (secondary N) is 2. The van der Waals surface area contributed by atoms with E-state index >= 15 is 0 Å². The maximum absolute atomic E-state index is 6.21. The first-order valence-electron chi connectivity index (χ1n) is 12.2. The van der Waals surface area contributed by atoms with Crippen molar-refractivity contribution in [3.8, 4) is 11.5 Å². The van der Waals surface area contributed by atoms with Crippen LogP contribution in [0, 0.1) is 6.92 Å². The van der Waals surface area contributed by atoms with Crippen molar-refractivity contribution in [1.29, 1.82) is 0 Å². The van der Waals surface area contributed by atoms with Gasteiger partial charge < -0.3 is 24.8 Å². The fourth-order valence-electron chi connectivity index (χ4n) is 4.22. The van der Waals surface area contributed by atoms with Gasteiger partial charge >= 0.3 is 0 Å². The number of rotatable bonds is 6. The summed E-state index contributed by atoms with van der Waals surface area (Å²) in [5.74, 6) is 2.31. The van der Waals surface area contributed by atoms with Crippen LogP contribution in [0.2, 0.25) is 0 Å². The van der Waals surface area contributed by atoms with E-state index in [9.17, 15) is 0 Å².